The number of carbonyl (C=O) groups is 10. The third-order valence-corrected chi connectivity index (χ3v) is 16.9. The summed E-state index contributed by atoms with van der Waals surface area (Å²) in [4.78, 5) is 153. The Hall–Kier alpha value is -8.42. The summed E-state index contributed by atoms with van der Waals surface area (Å²) in [6, 6.07) is 25.0. The summed E-state index contributed by atoms with van der Waals surface area (Å²) < 4.78 is 0. The van der Waals surface area contributed by atoms with Crippen LogP contribution in [-0.4, -0.2) is 165 Å². The van der Waals surface area contributed by atoms with Crippen LogP contribution < -0.4 is 31.9 Å². The van der Waals surface area contributed by atoms with Gasteiger partial charge < -0.3 is 51.5 Å². The van der Waals surface area contributed by atoms with E-state index in [9.17, 15) is 43.2 Å². The molecule has 5 saturated heterocycles. The normalized spacial score (nSPS) is 27.4. The summed E-state index contributed by atoms with van der Waals surface area (Å²) >= 11 is 0. The molecule has 20 heteroatoms. The molecule has 20 nitrogen and oxygen atoms in total. The molecule has 4 aromatic carbocycles. The maximum atomic E-state index is 15.1. The summed E-state index contributed by atoms with van der Waals surface area (Å²) in [7, 11) is 0. The van der Waals surface area contributed by atoms with Gasteiger partial charge in [-0.15, -0.1) is 0 Å². The molecule has 0 spiro atoms. The first kappa shape index (κ1) is 60.2. The van der Waals surface area contributed by atoms with Gasteiger partial charge >= 0.3 is 0 Å². The van der Waals surface area contributed by atoms with Crippen LogP contribution in [0.15, 0.2) is 121 Å². The summed E-state index contributed by atoms with van der Waals surface area (Å²) in [5, 5.41) is 17.4. The first-order valence-electron chi connectivity index (χ1n) is 29.7. The Morgan fingerprint density at radius 3 is 1.04 bits per heavy atom. The van der Waals surface area contributed by atoms with E-state index in [-0.39, 0.29) is 64.7 Å². The Kier molecular flexibility index (Phi) is 19.9. The molecule has 5 aliphatic heterocycles. The van der Waals surface area contributed by atoms with Crippen LogP contribution in [0.4, 0.5) is 0 Å². The predicted molar refractivity (Wildman–Crippen MR) is 312 cm³/mol. The largest absolute Gasteiger partial charge is 0.343 e. The zero-order valence-electron chi connectivity index (χ0n) is 48.1. The zero-order valence-corrected chi connectivity index (χ0v) is 48.1. The fourth-order valence-corrected chi connectivity index (χ4v) is 12.4. The smallest absolute Gasteiger partial charge is 0.246 e. The molecule has 444 valence electrons. The summed E-state index contributed by atoms with van der Waals surface area (Å²) in [5.41, 5.74) is 2.84. The summed E-state index contributed by atoms with van der Waals surface area (Å²) in [6.45, 7) is 5.85. The van der Waals surface area contributed by atoms with Crippen LogP contribution >= 0.6 is 0 Å². The molecule has 0 unspecified atom stereocenters. The van der Waals surface area contributed by atoms with Crippen LogP contribution in [0.1, 0.15) is 94.4 Å². The van der Waals surface area contributed by atoms with E-state index in [1.165, 1.54) is 26.5 Å². The second-order valence-corrected chi connectivity index (χ2v) is 23.2. The van der Waals surface area contributed by atoms with Gasteiger partial charge in [-0.25, -0.2) is 0 Å². The SMILES string of the molecule is CC(C)[C@@H]1NC(=O)[C@H](Cc2ccccc2)NC(=O)[C@H](Cc2ccccc2)NC(=O)[C@@H]2CCCN2C(=O)[C@@H]2CCCN2C(=O)[C@H](Cc2ccccc2)NC(=O)[C@H](Cc2ccccc2)NC(=O)[C@H](C)NC(=O)[C@@H]2CCCN2C(=O)[C@@H]2CCCN2C1=O. The van der Waals surface area contributed by atoms with Crippen molar-refractivity contribution in [3.05, 3.63) is 144 Å². The molecule has 0 saturated carbocycles. The minimum atomic E-state index is -1.26. The molecule has 5 fully saturated rings. The van der Waals surface area contributed by atoms with E-state index in [1.54, 1.807) is 62.4 Å². The number of rotatable bonds is 9. The van der Waals surface area contributed by atoms with Crippen LogP contribution in [0, 0.1) is 5.92 Å². The van der Waals surface area contributed by atoms with E-state index in [0.717, 1.165) is 5.56 Å². The van der Waals surface area contributed by atoms with Crippen molar-refractivity contribution in [1.29, 1.82) is 0 Å². The standard InChI is InChI=1S/C64H78N10O10/c1-40(2)54-64(84)74-35-19-31-53(74)63(83)71-32-16-28-50(71)59(79)65-41(3)55(75)66-46(36-42-20-8-4-9-21-42)57(77)69-49(39-45-26-14-7-15-27-45)61(81)73-34-18-30-52(73)62(82)72-33-17-29-51(72)60(80)68-47(37-43-22-10-5-11-23-43)56(76)67-48(58(78)70-54)38-44-24-12-6-13-25-44/h4-15,20-27,40-41,46-54H,16-19,28-39H2,1-3H3,(H,65,79)(H,66,75)(H,67,76)(H,68,80)(H,69,77)(H,70,78)/t41-,46-,47-,48-,49-,50-,51-,52-,53-,54-/m0/s1. The van der Waals surface area contributed by atoms with Gasteiger partial charge in [-0.3, -0.25) is 47.9 Å². The van der Waals surface area contributed by atoms with Gasteiger partial charge in [0.05, 0.1) is 0 Å². The monoisotopic (exact) mass is 1150 g/mol. The van der Waals surface area contributed by atoms with Crippen molar-refractivity contribution in [3.8, 4) is 0 Å². The van der Waals surface area contributed by atoms with E-state index >= 15 is 4.79 Å². The summed E-state index contributed by atoms with van der Waals surface area (Å²) in [5.74, 6) is -6.29. The van der Waals surface area contributed by atoms with Gasteiger partial charge in [-0.1, -0.05) is 135 Å². The molecule has 5 aliphatic rings. The lowest BCUT2D eigenvalue weighted by Crippen LogP contribution is -2.61. The topological polar surface area (TPSA) is 256 Å². The van der Waals surface area contributed by atoms with Crippen molar-refractivity contribution in [2.24, 2.45) is 5.92 Å². The van der Waals surface area contributed by atoms with Gasteiger partial charge in [-0.2, -0.15) is 0 Å². The number of hydrogen-bond acceptors (Lipinski definition) is 10. The van der Waals surface area contributed by atoms with Crippen LogP contribution in [0.2, 0.25) is 0 Å². The van der Waals surface area contributed by atoms with Gasteiger partial charge in [0.25, 0.3) is 0 Å². The van der Waals surface area contributed by atoms with Gasteiger partial charge in [0.15, 0.2) is 0 Å². The third kappa shape index (κ3) is 14.5. The van der Waals surface area contributed by atoms with Crippen molar-refractivity contribution in [3.63, 3.8) is 0 Å². The molecular weight excluding hydrogens is 1070 g/mol. The van der Waals surface area contributed by atoms with Gasteiger partial charge in [0, 0.05) is 51.9 Å². The van der Waals surface area contributed by atoms with E-state index in [4.69, 9.17) is 0 Å². The van der Waals surface area contributed by atoms with E-state index in [2.05, 4.69) is 31.9 Å². The maximum absolute atomic E-state index is 15.1. The van der Waals surface area contributed by atoms with Crippen molar-refractivity contribution >= 4 is 59.1 Å². The number of nitrogens with one attached hydrogen (secondary N) is 6. The number of fused-ring (bicyclic) bond motifs is 4. The van der Waals surface area contributed by atoms with E-state index < -0.39 is 125 Å². The zero-order chi connectivity index (χ0) is 59.4. The number of benzene rings is 4. The van der Waals surface area contributed by atoms with Gasteiger partial charge in [-0.05, 0) is 86.5 Å². The molecule has 10 atom stereocenters. The average Bonchev–Trinajstić information content (AvgIpc) is 4.21. The first-order valence-corrected chi connectivity index (χ1v) is 29.7. The number of hydrogen-bond donors (Lipinski definition) is 6. The predicted octanol–water partition coefficient (Wildman–Crippen LogP) is 2.52. The van der Waals surface area contributed by atoms with Crippen LogP contribution in [0.5, 0.6) is 0 Å². The highest BCUT2D eigenvalue weighted by Gasteiger charge is 2.47. The lowest BCUT2D eigenvalue weighted by Gasteiger charge is -2.35. The molecule has 84 heavy (non-hydrogen) atoms. The Labute approximate surface area is 490 Å². The highest BCUT2D eigenvalue weighted by atomic mass is 16.2. The molecule has 0 aromatic heterocycles. The van der Waals surface area contributed by atoms with Gasteiger partial charge in [0.2, 0.25) is 59.1 Å². The Morgan fingerprint density at radius 1 is 0.345 bits per heavy atom. The fraction of sp³-hybridized carbons (Fsp3) is 0.469. The fourth-order valence-electron chi connectivity index (χ4n) is 12.4. The Morgan fingerprint density at radius 2 is 0.643 bits per heavy atom. The van der Waals surface area contributed by atoms with Crippen molar-refractivity contribution < 1.29 is 47.9 Å². The third-order valence-electron chi connectivity index (χ3n) is 16.9. The molecule has 0 radical (unpaired) electrons. The average molecular weight is 1150 g/mol. The molecular formula is C64H78N10O10. The molecule has 9 rings (SSSR count). The van der Waals surface area contributed by atoms with E-state index in [0.29, 0.717) is 55.2 Å². The van der Waals surface area contributed by atoms with E-state index in [1.807, 2.05) is 72.8 Å². The number of carbonyl (C=O) groups excluding carboxylic acids is 10. The first-order chi connectivity index (χ1) is 40.5. The Bertz CT molecular complexity index is 3020. The minimum Gasteiger partial charge on any atom is -0.343 e. The molecule has 0 bridgehead atoms. The molecule has 0 aliphatic carbocycles. The van der Waals surface area contributed by atoms with Crippen LogP contribution in [0.25, 0.3) is 0 Å². The van der Waals surface area contributed by atoms with Crippen molar-refractivity contribution in [2.75, 3.05) is 26.2 Å². The van der Waals surface area contributed by atoms with Crippen molar-refractivity contribution in [1.82, 2.24) is 51.5 Å². The summed E-state index contributed by atoms with van der Waals surface area (Å²) in [6.07, 6.45) is 3.12. The highest BCUT2D eigenvalue weighted by molar-refractivity contribution is 6.00. The maximum Gasteiger partial charge on any atom is 0.246 e. The van der Waals surface area contributed by atoms with Crippen molar-refractivity contribution in [2.45, 2.75) is 158 Å². The molecule has 10 amide bonds. The second-order valence-electron chi connectivity index (χ2n) is 23.2. The van der Waals surface area contributed by atoms with Crippen LogP contribution in [0.3, 0.4) is 0 Å². The second kappa shape index (κ2) is 27.8. The Balaban J connectivity index is 1.06. The van der Waals surface area contributed by atoms with Crippen LogP contribution in [-0.2, 0) is 73.6 Å². The lowest BCUT2D eigenvalue weighted by atomic mass is 9.99. The highest BCUT2D eigenvalue weighted by Crippen LogP contribution is 2.29. The molecule has 5 heterocycles. The number of amides is 10. The lowest BCUT2D eigenvalue weighted by molar-refractivity contribution is -0.148. The number of nitrogens with zero attached hydrogens (tertiary/aromatic N) is 4. The minimum absolute atomic E-state index is 0.0125. The molecule has 6 N–H and O–H groups in total. The molecule has 4 aromatic rings. The van der Waals surface area contributed by atoms with Gasteiger partial charge in [0.1, 0.15) is 60.4 Å². The quantitative estimate of drug-likeness (QED) is 0.143.